The molecule has 0 aliphatic rings. The highest BCUT2D eigenvalue weighted by Crippen LogP contribution is 2.07. The molecule has 8 nitrogen and oxygen atoms in total. The van der Waals surface area contributed by atoms with Crippen LogP contribution in [0.5, 0.6) is 0 Å². The van der Waals surface area contributed by atoms with Crippen LogP contribution in [0.2, 0.25) is 0 Å². The molecular weight excluding hydrogens is 278 g/mol. The predicted octanol–water partition coefficient (Wildman–Crippen LogP) is 0.495. The third-order valence-electron chi connectivity index (χ3n) is 2.70. The van der Waals surface area contributed by atoms with Crippen LogP contribution in [-0.2, 0) is 16.1 Å². The average Bonchev–Trinajstić information content (AvgIpc) is 2.43. The Labute approximate surface area is 121 Å². The van der Waals surface area contributed by atoms with Crippen LogP contribution in [0.15, 0.2) is 24.5 Å². The summed E-state index contributed by atoms with van der Waals surface area (Å²) in [5.41, 5.74) is 0.825. The summed E-state index contributed by atoms with van der Waals surface area (Å²) in [4.78, 5) is 39.8. The molecule has 0 radical (unpaired) electrons. The monoisotopic (exact) mass is 295 g/mol. The molecule has 2 amide bonds. The third kappa shape index (κ3) is 5.47. The summed E-state index contributed by atoms with van der Waals surface area (Å²) in [6, 6.07) is 2.84. The van der Waals surface area contributed by atoms with Gasteiger partial charge in [-0.25, -0.2) is 4.79 Å². The smallest absolute Gasteiger partial charge is 0.323 e. The second kappa shape index (κ2) is 7.83. The zero-order valence-corrected chi connectivity index (χ0v) is 11.6. The van der Waals surface area contributed by atoms with E-state index in [1.807, 2.05) is 0 Å². The van der Waals surface area contributed by atoms with E-state index in [1.165, 1.54) is 4.90 Å². The standard InChI is InChI=1S/C13H17N3O5/c1-2-15(7-10-3-5-14-6-4-10)13(21)16(8-11(17)18)9-12(19)20/h3-6H,2,7-9H2,1H3,(H,17,18)(H,19,20). The predicted molar refractivity (Wildman–Crippen MR) is 72.6 cm³/mol. The summed E-state index contributed by atoms with van der Waals surface area (Å²) in [6.07, 6.45) is 3.17. The van der Waals surface area contributed by atoms with Gasteiger partial charge in [-0.2, -0.15) is 0 Å². The molecule has 0 spiro atoms. The first-order valence-electron chi connectivity index (χ1n) is 6.30. The largest absolute Gasteiger partial charge is 0.480 e. The van der Waals surface area contributed by atoms with Gasteiger partial charge in [-0.15, -0.1) is 0 Å². The number of rotatable bonds is 7. The Kier molecular flexibility index (Phi) is 6.12. The van der Waals surface area contributed by atoms with Crippen molar-refractivity contribution in [3.05, 3.63) is 30.1 Å². The molecule has 114 valence electrons. The minimum atomic E-state index is -1.26. The molecule has 2 N–H and O–H groups in total. The molecule has 8 heteroatoms. The Morgan fingerprint density at radius 2 is 1.57 bits per heavy atom. The number of carbonyl (C=O) groups is 3. The third-order valence-corrected chi connectivity index (χ3v) is 2.70. The van der Waals surface area contributed by atoms with Gasteiger partial charge in [0.25, 0.3) is 0 Å². The van der Waals surface area contributed by atoms with Gasteiger partial charge in [-0.1, -0.05) is 0 Å². The van der Waals surface area contributed by atoms with Gasteiger partial charge in [0.2, 0.25) is 0 Å². The van der Waals surface area contributed by atoms with Gasteiger partial charge in [0, 0.05) is 25.5 Å². The molecular formula is C13H17N3O5. The molecule has 1 heterocycles. The summed E-state index contributed by atoms with van der Waals surface area (Å²) in [5.74, 6) is -2.52. The molecule has 0 unspecified atom stereocenters. The summed E-state index contributed by atoms with van der Waals surface area (Å²) in [5, 5.41) is 17.6. The minimum absolute atomic E-state index is 0.258. The lowest BCUT2D eigenvalue weighted by Crippen LogP contribution is -2.47. The number of carboxylic acids is 2. The molecule has 21 heavy (non-hydrogen) atoms. The number of urea groups is 1. The topological polar surface area (TPSA) is 111 Å². The molecule has 0 aromatic carbocycles. The van der Waals surface area contributed by atoms with Crippen molar-refractivity contribution in [2.75, 3.05) is 19.6 Å². The van der Waals surface area contributed by atoms with Crippen LogP contribution in [0.25, 0.3) is 0 Å². The van der Waals surface area contributed by atoms with Gasteiger partial charge in [-0.3, -0.25) is 14.6 Å². The van der Waals surface area contributed by atoms with Crippen LogP contribution in [0, 0.1) is 0 Å². The Bertz CT molecular complexity index is 490. The van der Waals surface area contributed by atoms with Crippen molar-refractivity contribution >= 4 is 18.0 Å². The molecule has 0 aliphatic carbocycles. The minimum Gasteiger partial charge on any atom is -0.480 e. The van der Waals surface area contributed by atoms with E-state index in [9.17, 15) is 14.4 Å². The van der Waals surface area contributed by atoms with Crippen molar-refractivity contribution in [2.45, 2.75) is 13.5 Å². The maximum Gasteiger partial charge on any atom is 0.323 e. The normalized spacial score (nSPS) is 9.95. The first-order valence-corrected chi connectivity index (χ1v) is 6.30. The number of aromatic nitrogens is 1. The lowest BCUT2D eigenvalue weighted by molar-refractivity contribution is -0.140. The first-order chi connectivity index (χ1) is 9.93. The van der Waals surface area contributed by atoms with Gasteiger partial charge < -0.3 is 20.0 Å². The SMILES string of the molecule is CCN(Cc1ccncc1)C(=O)N(CC(=O)O)CC(=O)O. The Hall–Kier alpha value is -2.64. The highest BCUT2D eigenvalue weighted by molar-refractivity contribution is 5.84. The zero-order chi connectivity index (χ0) is 15.8. The fourth-order valence-electron chi connectivity index (χ4n) is 1.74. The summed E-state index contributed by atoms with van der Waals surface area (Å²) in [6.45, 7) is 1.01. The van der Waals surface area contributed by atoms with Crippen molar-refractivity contribution in [2.24, 2.45) is 0 Å². The van der Waals surface area contributed by atoms with E-state index in [-0.39, 0.29) is 6.54 Å². The molecule has 0 saturated carbocycles. The first kappa shape index (κ1) is 16.4. The zero-order valence-electron chi connectivity index (χ0n) is 11.6. The van der Waals surface area contributed by atoms with Crippen molar-refractivity contribution in [1.82, 2.24) is 14.8 Å². The number of hydrogen-bond donors (Lipinski definition) is 2. The number of pyridine rings is 1. The highest BCUT2D eigenvalue weighted by Gasteiger charge is 2.24. The second-order valence-corrected chi connectivity index (χ2v) is 4.30. The van der Waals surface area contributed by atoms with Crippen LogP contribution in [0.3, 0.4) is 0 Å². The van der Waals surface area contributed by atoms with Gasteiger partial charge in [0.05, 0.1) is 0 Å². The van der Waals surface area contributed by atoms with Crippen molar-refractivity contribution in [3.8, 4) is 0 Å². The van der Waals surface area contributed by atoms with Crippen LogP contribution >= 0.6 is 0 Å². The molecule has 0 fully saturated rings. The van der Waals surface area contributed by atoms with E-state index in [0.29, 0.717) is 6.54 Å². The number of carbonyl (C=O) groups excluding carboxylic acids is 1. The van der Waals surface area contributed by atoms with E-state index in [2.05, 4.69) is 4.98 Å². The molecule has 0 aliphatic heterocycles. The van der Waals surface area contributed by atoms with Crippen LogP contribution in [-0.4, -0.2) is 62.6 Å². The Morgan fingerprint density at radius 3 is 2.00 bits per heavy atom. The van der Waals surface area contributed by atoms with Gasteiger partial charge in [-0.05, 0) is 24.6 Å². The molecule has 0 atom stereocenters. The Morgan fingerprint density at radius 1 is 1.05 bits per heavy atom. The van der Waals surface area contributed by atoms with Gasteiger partial charge in [0.15, 0.2) is 0 Å². The number of carboxylic acid groups (broad SMARTS) is 2. The summed E-state index contributed by atoms with van der Waals surface area (Å²) in [7, 11) is 0. The molecule has 1 rings (SSSR count). The second-order valence-electron chi connectivity index (χ2n) is 4.30. The highest BCUT2D eigenvalue weighted by atomic mass is 16.4. The molecule has 0 saturated heterocycles. The Balaban J connectivity index is 2.82. The maximum absolute atomic E-state index is 12.3. The van der Waals surface area contributed by atoms with Crippen LogP contribution < -0.4 is 0 Å². The summed E-state index contributed by atoms with van der Waals surface area (Å²) >= 11 is 0. The maximum atomic E-state index is 12.3. The van der Waals surface area contributed by atoms with E-state index >= 15 is 0 Å². The van der Waals surface area contributed by atoms with Crippen molar-refractivity contribution in [1.29, 1.82) is 0 Å². The van der Waals surface area contributed by atoms with Crippen molar-refractivity contribution in [3.63, 3.8) is 0 Å². The molecule has 1 aromatic heterocycles. The van der Waals surface area contributed by atoms with E-state index in [0.717, 1.165) is 10.5 Å². The number of nitrogens with zero attached hydrogens (tertiary/aromatic N) is 3. The fourth-order valence-corrected chi connectivity index (χ4v) is 1.74. The van der Waals surface area contributed by atoms with E-state index in [1.54, 1.807) is 31.5 Å². The van der Waals surface area contributed by atoms with E-state index in [4.69, 9.17) is 10.2 Å². The average molecular weight is 295 g/mol. The van der Waals surface area contributed by atoms with Crippen LogP contribution in [0.1, 0.15) is 12.5 Å². The number of aliphatic carboxylic acids is 2. The number of amides is 2. The molecule has 1 aromatic rings. The van der Waals surface area contributed by atoms with Gasteiger partial charge >= 0.3 is 18.0 Å². The lowest BCUT2D eigenvalue weighted by atomic mass is 10.2. The van der Waals surface area contributed by atoms with Gasteiger partial charge in [0.1, 0.15) is 13.1 Å². The van der Waals surface area contributed by atoms with Crippen LogP contribution in [0.4, 0.5) is 4.79 Å². The lowest BCUT2D eigenvalue weighted by Gasteiger charge is -2.28. The van der Waals surface area contributed by atoms with Crippen molar-refractivity contribution < 1.29 is 24.6 Å². The quantitative estimate of drug-likeness (QED) is 0.757. The summed E-state index contributed by atoms with van der Waals surface area (Å²) < 4.78 is 0. The molecule has 0 bridgehead atoms. The fraction of sp³-hybridized carbons (Fsp3) is 0.385. The number of hydrogen-bond acceptors (Lipinski definition) is 4. The van der Waals surface area contributed by atoms with E-state index < -0.39 is 31.1 Å².